The molecule has 6 heteroatoms. The molecule has 1 aromatic heterocycles. The average Bonchev–Trinajstić information content (AvgIpc) is 2.79. The third kappa shape index (κ3) is 2.53. The maximum absolute atomic E-state index is 13.1. The van der Waals surface area contributed by atoms with Crippen molar-refractivity contribution in [3.8, 4) is 0 Å². The Morgan fingerprint density at radius 2 is 1.89 bits per heavy atom. The summed E-state index contributed by atoms with van der Waals surface area (Å²) >= 11 is 0. The predicted octanol–water partition coefficient (Wildman–Crippen LogP) is 3.52. The summed E-state index contributed by atoms with van der Waals surface area (Å²) in [5, 5.41) is 9.77. The fourth-order valence-electron chi connectivity index (χ4n) is 1.54. The Kier molecular flexibility index (Phi) is 3.13. The minimum absolute atomic E-state index is 0.0497. The third-order valence-corrected chi connectivity index (χ3v) is 2.38. The minimum Gasteiger partial charge on any atom is -0.466 e. The molecule has 0 saturated heterocycles. The van der Waals surface area contributed by atoms with E-state index in [0.29, 0.717) is 12.1 Å². The van der Waals surface area contributed by atoms with Crippen LogP contribution in [0.2, 0.25) is 0 Å². The highest BCUT2D eigenvalue weighted by Crippen LogP contribution is 2.33. The molecule has 0 bridgehead atoms. The van der Waals surface area contributed by atoms with Crippen LogP contribution in [0.15, 0.2) is 41.0 Å². The topological polar surface area (TPSA) is 33.4 Å². The van der Waals surface area contributed by atoms with Crippen LogP contribution >= 0.6 is 0 Å². The fourth-order valence-corrected chi connectivity index (χ4v) is 1.54. The van der Waals surface area contributed by atoms with E-state index in [-0.39, 0.29) is 11.3 Å². The van der Waals surface area contributed by atoms with E-state index in [1.807, 2.05) is 0 Å². The zero-order chi connectivity index (χ0) is 13.3. The zero-order valence-electron chi connectivity index (χ0n) is 8.91. The molecule has 0 saturated carbocycles. The standard InChI is InChI=1S/C12H8F4O2/c13-9-5-7(4-8(6-9)12(14,15)16)11(17)10-2-1-3-18-10/h1-6,11,17H. The van der Waals surface area contributed by atoms with Crippen molar-refractivity contribution < 1.29 is 27.1 Å². The van der Waals surface area contributed by atoms with Gasteiger partial charge >= 0.3 is 6.18 Å². The molecule has 0 radical (unpaired) electrons. The highest BCUT2D eigenvalue weighted by molar-refractivity contribution is 5.31. The van der Waals surface area contributed by atoms with Crippen LogP contribution in [0.5, 0.6) is 0 Å². The van der Waals surface area contributed by atoms with Crippen molar-refractivity contribution in [1.29, 1.82) is 0 Å². The van der Waals surface area contributed by atoms with Gasteiger partial charge in [-0.25, -0.2) is 4.39 Å². The number of rotatable bonds is 2. The molecule has 2 aromatic rings. The first-order valence-electron chi connectivity index (χ1n) is 4.97. The summed E-state index contributed by atoms with van der Waals surface area (Å²) < 4.78 is 55.4. The molecular formula is C12H8F4O2. The highest BCUT2D eigenvalue weighted by atomic mass is 19.4. The molecule has 1 N–H and O–H groups in total. The van der Waals surface area contributed by atoms with Crippen LogP contribution in [-0.4, -0.2) is 5.11 Å². The normalized spacial score (nSPS) is 13.6. The molecule has 0 amide bonds. The van der Waals surface area contributed by atoms with Crippen LogP contribution in [0.4, 0.5) is 17.6 Å². The van der Waals surface area contributed by atoms with E-state index in [1.165, 1.54) is 18.4 Å². The van der Waals surface area contributed by atoms with Crippen LogP contribution < -0.4 is 0 Å². The largest absolute Gasteiger partial charge is 0.466 e. The van der Waals surface area contributed by atoms with E-state index in [1.54, 1.807) is 0 Å². The van der Waals surface area contributed by atoms with Gasteiger partial charge in [-0.2, -0.15) is 13.2 Å². The lowest BCUT2D eigenvalue weighted by Gasteiger charge is -2.12. The molecule has 0 aliphatic rings. The van der Waals surface area contributed by atoms with Gasteiger partial charge in [0.15, 0.2) is 0 Å². The van der Waals surface area contributed by atoms with Crippen molar-refractivity contribution in [2.45, 2.75) is 12.3 Å². The third-order valence-electron chi connectivity index (χ3n) is 2.38. The van der Waals surface area contributed by atoms with Crippen molar-refractivity contribution in [2.75, 3.05) is 0 Å². The monoisotopic (exact) mass is 260 g/mol. The van der Waals surface area contributed by atoms with Crippen LogP contribution in [0.3, 0.4) is 0 Å². The van der Waals surface area contributed by atoms with Crippen molar-refractivity contribution in [3.05, 3.63) is 59.3 Å². The Balaban J connectivity index is 2.43. The van der Waals surface area contributed by atoms with Gasteiger partial charge in [0.2, 0.25) is 0 Å². The molecule has 2 rings (SSSR count). The number of furan rings is 1. The summed E-state index contributed by atoms with van der Waals surface area (Å²) in [6, 6.07) is 4.77. The number of hydrogen-bond acceptors (Lipinski definition) is 2. The van der Waals surface area contributed by atoms with Crippen LogP contribution in [0.1, 0.15) is 23.0 Å². The smallest absolute Gasteiger partial charge is 0.416 e. The molecule has 1 atom stereocenters. The Morgan fingerprint density at radius 3 is 2.44 bits per heavy atom. The van der Waals surface area contributed by atoms with Gasteiger partial charge in [0.05, 0.1) is 11.8 Å². The van der Waals surface area contributed by atoms with Gasteiger partial charge in [0.1, 0.15) is 17.7 Å². The average molecular weight is 260 g/mol. The molecular weight excluding hydrogens is 252 g/mol. The van der Waals surface area contributed by atoms with E-state index < -0.39 is 23.7 Å². The van der Waals surface area contributed by atoms with E-state index in [4.69, 9.17) is 4.42 Å². The second kappa shape index (κ2) is 4.45. The van der Waals surface area contributed by atoms with Crippen LogP contribution in [0, 0.1) is 5.82 Å². The first-order valence-corrected chi connectivity index (χ1v) is 4.97. The summed E-state index contributed by atoms with van der Waals surface area (Å²) in [6.07, 6.45) is -4.83. The van der Waals surface area contributed by atoms with Gasteiger partial charge < -0.3 is 9.52 Å². The maximum atomic E-state index is 13.1. The predicted molar refractivity (Wildman–Crippen MR) is 54.2 cm³/mol. The molecule has 0 fully saturated rings. The quantitative estimate of drug-likeness (QED) is 0.838. The molecule has 18 heavy (non-hydrogen) atoms. The van der Waals surface area contributed by atoms with E-state index in [9.17, 15) is 22.7 Å². The van der Waals surface area contributed by atoms with Gasteiger partial charge in [0, 0.05) is 0 Å². The maximum Gasteiger partial charge on any atom is 0.416 e. The lowest BCUT2D eigenvalue weighted by Crippen LogP contribution is -2.08. The summed E-state index contributed by atoms with van der Waals surface area (Å²) in [7, 11) is 0. The molecule has 1 heterocycles. The van der Waals surface area contributed by atoms with Gasteiger partial charge in [-0.15, -0.1) is 0 Å². The number of aliphatic hydroxyl groups excluding tert-OH is 1. The summed E-state index contributed by atoms with van der Waals surface area (Å²) in [5.74, 6) is -1.01. The Bertz CT molecular complexity index is 532. The minimum atomic E-state index is -4.67. The van der Waals surface area contributed by atoms with Gasteiger partial charge in [-0.1, -0.05) is 0 Å². The molecule has 2 nitrogen and oxygen atoms in total. The molecule has 0 aliphatic carbocycles. The number of hydrogen-bond donors (Lipinski definition) is 1. The van der Waals surface area contributed by atoms with Gasteiger partial charge in [-0.05, 0) is 35.9 Å². The fraction of sp³-hybridized carbons (Fsp3) is 0.167. The Labute approximate surface area is 99.5 Å². The zero-order valence-corrected chi connectivity index (χ0v) is 8.91. The number of halogens is 4. The molecule has 0 spiro atoms. The first-order chi connectivity index (χ1) is 8.38. The molecule has 0 aliphatic heterocycles. The second-order valence-electron chi connectivity index (χ2n) is 3.69. The number of alkyl halides is 3. The first kappa shape index (κ1) is 12.6. The second-order valence-corrected chi connectivity index (χ2v) is 3.69. The van der Waals surface area contributed by atoms with E-state index in [0.717, 1.165) is 6.07 Å². The summed E-state index contributed by atoms with van der Waals surface area (Å²) in [5.41, 5.74) is -1.36. The Hall–Kier alpha value is -1.82. The van der Waals surface area contributed by atoms with Crippen molar-refractivity contribution in [2.24, 2.45) is 0 Å². The SMILES string of the molecule is OC(c1cc(F)cc(C(F)(F)F)c1)c1ccco1. The van der Waals surface area contributed by atoms with Gasteiger partial charge in [0.25, 0.3) is 0 Å². The van der Waals surface area contributed by atoms with Crippen molar-refractivity contribution in [1.82, 2.24) is 0 Å². The molecule has 1 unspecified atom stereocenters. The van der Waals surface area contributed by atoms with E-state index >= 15 is 0 Å². The summed E-state index contributed by atoms with van der Waals surface area (Å²) in [4.78, 5) is 0. The molecule has 96 valence electrons. The lowest BCUT2D eigenvalue weighted by molar-refractivity contribution is -0.137. The van der Waals surface area contributed by atoms with Crippen molar-refractivity contribution >= 4 is 0 Å². The van der Waals surface area contributed by atoms with Crippen LogP contribution in [0.25, 0.3) is 0 Å². The van der Waals surface area contributed by atoms with Crippen LogP contribution in [-0.2, 0) is 6.18 Å². The summed E-state index contributed by atoms with van der Waals surface area (Å²) in [6.45, 7) is 0. The highest BCUT2D eigenvalue weighted by Gasteiger charge is 2.32. The lowest BCUT2D eigenvalue weighted by atomic mass is 10.0. The number of benzene rings is 1. The van der Waals surface area contributed by atoms with E-state index in [2.05, 4.69) is 0 Å². The number of aliphatic hydroxyl groups is 1. The van der Waals surface area contributed by atoms with Crippen molar-refractivity contribution in [3.63, 3.8) is 0 Å². The van der Waals surface area contributed by atoms with Gasteiger partial charge in [-0.3, -0.25) is 0 Å². The Morgan fingerprint density at radius 1 is 1.17 bits per heavy atom. The molecule has 1 aromatic carbocycles.